The van der Waals surface area contributed by atoms with Crippen LogP contribution < -0.4 is 0 Å². The van der Waals surface area contributed by atoms with Crippen LogP contribution in [0, 0.1) is 0 Å². The molecule has 0 bridgehead atoms. The molecule has 0 aliphatic heterocycles. The average molecular weight is 1020 g/mol. The molecular formula is C67H120O6. The van der Waals surface area contributed by atoms with Crippen LogP contribution in [-0.4, -0.2) is 37.2 Å². The van der Waals surface area contributed by atoms with Crippen molar-refractivity contribution < 1.29 is 28.6 Å². The summed E-state index contributed by atoms with van der Waals surface area (Å²) in [5.74, 6) is -0.877. The van der Waals surface area contributed by atoms with E-state index < -0.39 is 6.10 Å². The van der Waals surface area contributed by atoms with Gasteiger partial charge in [-0.05, 0) is 83.5 Å². The minimum Gasteiger partial charge on any atom is -0.462 e. The maximum absolute atomic E-state index is 12.9. The van der Waals surface area contributed by atoms with Crippen molar-refractivity contribution >= 4 is 17.9 Å². The molecule has 73 heavy (non-hydrogen) atoms. The molecule has 0 radical (unpaired) electrons. The number of esters is 3. The second-order valence-corrected chi connectivity index (χ2v) is 21.3. The lowest BCUT2D eigenvalue weighted by Gasteiger charge is -2.18. The van der Waals surface area contributed by atoms with Crippen molar-refractivity contribution in [2.75, 3.05) is 13.2 Å². The van der Waals surface area contributed by atoms with Gasteiger partial charge in [0.2, 0.25) is 0 Å². The van der Waals surface area contributed by atoms with Crippen LogP contribution in [0.4, 0.5) is 0 Å². The Morgan fingerprint density at radius 2 is 0.534 bits per heavy atom. The molecule has 424 valence electrons. The predicted molar refractivity (Wildman–Crippen MR) is 316 cm³/mol. The van der Waals surface area contributed by atoms with E-state index in [9.17, 15) is 14.4 Å². The largest absolute Gasteiger partial charge is 0.462 e. The topological polar surface area (TPSA) is 78.9 Å². The number of hydrogen-bond donors (Lipinski definition) is 0. The van der Waals surface area contributed by atoms with Crippen LogP contribution in [0.15, 0.2) is 60.8 Å². The van der Waals surface area contributed by atoms with Gasteiger partial charge in [0.15, 0.2) is 6.10 Å². The molecule has 0 aromatic carbocycles. The smallest absolute Gasteiger partial charge is 0.306 e. The monoisotopic (exact) mass is 1020 g/mol. The molecule has 0 aliphatic rings. The van der Waals surface area contributed by atoms with Gasteiger partial charge in [0.1, 0.15) is 13.2 Å². The van der Waals surface area contributed by atoms with E-state index in [4.69, 9.17) is 14.2 Å². The summed E-state index contributed by atoms with van der Waals surface area (Å²) in [4.78, 5) is 38.3. The highest BCUT2D eigenvalue weighted by atomic mass is 16.6. The summed E-state index contributed by atoms with van der Waals surface area (Å²) < 4.78 is 16.9. The van der Waals surface area contributed by atoms with E-state index in [1.165, 1.54) is 199 Å². The Morgan fingerprint density at radius 3 is 0.849 bits per heavy atom. The zero-order valence-electron chi connectivity index (χ0n) is 48.7. The van der Waals surface area contributed by atoms with E-state index in [-0.39, 0.29) is 31.1 Å². The number of carbonyl (C=O) groups is 3. The van der Waals surface area contributed by atoms with Gasteiger partial charge in [-0.25, -0.2) is 0 Å². The van der Waals surface area contributed by atoms with Crippen LogP contribution in [0.2, 0.25) is 0 Å². The Morgan fingerprint density at radius 1 is 0.288 bits per heavy atom. The van der Waals surface area contributed by atoms with Crippen LogP contribution in [0.1, 0.15) is 329 Å². The van der Waals surface area contributed by atoms with E-state index in [1.807, 2.05) is 0 Å². The lowest BCUT2D eigenvalue weighted by atomic mass is 10.0. The van der Waals surface area contributed by atoms with E-state index in [1.54, 1.807) is 0 Å². The molecule has 6 heteroatoms. The summed E-state index contributed by atoms with van der Waals surface area (Å²) in [7, 11) is 0. The van der Waals surface area contributed by atoms with Crippen molar-refractivity contribution in [1.82, 2.24) is 0 Å². The molecule has 0 amide bonds. The predicted octanol–water partition coefficient (Wildman–Crippen LogP) is 21.6. The van der Waals surface area contributed by atoms with Crippen LogP contribution >= 0.6 is 0 Å². The standard InChI is InChI=1S/C67H120O6/c1-4-7-10-13-16-19-22-25-28-31-34-37-39-42-45-48-51-54-57-60-66(69)72-63-64(73-67(70)61-58-55-52-49-46-43-40-36-33-30-27-24-21-18-15-12-9-6-3)62-71-65(68)59-56-53-50-47-44-41-38-35-32-29-26-23-20-17-14-11-8-5-2/h7,10,16,19,25,28,30,33-34,37,64H,4-6,8-9,11-15,17-18,20-24,26-27,29,31-32,35-36,38-63H2,1-3H3/b10-7-,19-16-,28-25-,33-30-,37-34-. The quantitative estimate of drug-likeness (QED) is 0.0261. The third-order valence-corrected chi connectivity index (χ3v) is 14.0. The minimum absolute atomic E-state index is 0.0773. The van der Waals surface area contributed by atoms with Crippen molar-refractivity contribution in [3.8, 4) is 0 Å². The minimum atomic E-state index is -0.782. The van der Waals surface area contributed by atoms with E-state index in [0.717, 1.165) is 89.9 Å². The van der Waals surface area contributed by atoms with Gasteiger partial charge < -0.3 is 14.2 Å². The van der Waals surface area contributed by atoms with Crippen LogP contribution in [0.3, 0.4) is 0 Å². The highest BCUT2D eigenvalue weighted by Gasteiger charge is 2.19. The Bertz CT molecular complexity index is 1310. The van der Waals surface area contributed by atoms with Gasteiger partial charge in [-0.2, -0.15) is 0 Å². The molecule has 0 aromatic rings. The number of carbonyl (C=O) groups excluding carboxylic acids is 3. The Hall–Kier alpha value is -2.89. The maximum Gasteiger partial charge on any atom is 0.306 e. The van der Waals surface area contributed by atoms with E-state index >= 15 is 0 Å². The number of allylic oxidation sites excluding steroid dienone is 10. The summed E-state index contributed by atoms with van der Waals surface area (Å²) in [5.41, 5.74) is 0. The van der Waals surface area contributed by atoms with E-state index in [2.05, 4.69) is 81.5 Å². The Labute approximate surface area is 453 Å². The Kier molecular flexibility index (Phi) is 59.2. The normalized spacial score (nSPS) is 12.4. The highest BCUT2D eigenvalue weighted by molar-refractivity contribution is 5.71. The van der Waals surface area contributed by atoms with Crippen molar-refractivity contribution in [1.29, 1.82) is 0 Å². The molecule has 6 nitrogen and oxygen atoms in total. The fraction of sp³-hybridized carbons (Fsp3) is 0.806. The van der Waals surface area contributed by atoms with Gasteiger partial charge in [-0.15, -0.1) is 0 Å². The third kappa shape index (κ3) is 59.9. The molecule has 0 saturated heterocycles. The molecule has 0 fully saturated rings. The zero-order valence-corrected chi connectivity index (χ0v) is 48.7. The second kappa shape index (κ2) is 61.7. The summed E-state index contributed by atoms with van der Waals surface area (Å²) in [6.45, 7) is 6.56. The Balaban J connectivity index is 4.38. The van der Waals surface area contributed by atoms with Gasteiger partial charge in [-0.3, -0.25) is 14.4 Å². The van der Waals surface area contributed by atoms with Crippen molar-refractivity contribution in [3.63, 3.8) is 0 Å². The molecule has 0 saturated carbocycles. The number of rotatable bonds is 58. The van der Waals surface area contributed by atoms with Gasteiger partial charge in [-0.1, -0.05) is 287 Å². The van der Waals surface area contributed by atoms with Gasteiger partial charge >= 0.3 is 17.9 Å². The highest BCUT2D eigenvalue weighted by Crippen LogP contribution is 2.17. The number of unbranched alkanes of at least 4 members (excludes halogenated alkanes) is 37. The lowest BCUT2D eigenvalue weighted by Crippen LogP contribution is -2.30. The SMILES string of the molecule is CC/C=C\C/C=C\C/C=C\C/C=C\CCCCCCCCC(=O)OCC(COC(=O)CCCCCCCCCCCCCCCCCCCC)OC(=O)CCCCCCCCC/C=C\CCCCCCCCC. The van der Waals surface area contributed by atoms with E-state index in [0.29, 0.717) is 19.3 Å². The molecule has 0 aromatic heterocycles. The van der Waals surface area contributed by atoms with Crippen molar-refractivity contribution in [2.45, 2.75) is 335 Å². The molecule has 0 aliphatic carbocycles. The fourth-order valence-corrected chi connectivity index (χ4v) is 9.25. The maximum atomic E-state index is 12.9. The summed E-state index contributed by atoms with van der Waals surface area (Å²) in [6, 6.07) is 0. The van der Waals surface area contributed by atoms with Gasteiger partial charge in [0.05, 0.1) is 0 Å². The van der Waals surface area contributed by atoms with Gasteiger partial charge in [0, 0.05) is 19.3 Å². The molecular weight excluding hydrogens is 901 g/mol. The van der Waals surface area contributed by atoms with Crippen LogP contribution in [0.25, 0.3) is 0 Å². The first-order valence-corrected chi connectivity index (χ1v) is 31.8. The number of ether oxygens (including phenoxy) is 3. The summed E-state index contributed by atoms with van der Waals surface area (Å²) >= 11 is 0. The molecule has 0 rings (SSSR count). The first-order chi connectivity index (χ1) is 36.0. The molecule has 0 spiro atoms. The molecule has 0 N–H and O–H groups in total. The second-order valence-electron chi connectivity index (χ2n) is 21.3. The zero-order chi connectivity index (χ0) is 52.9. The lowest BCUT2D eigenvalue weighted by molar-refractivity contribution is -0.167. The molecule has 1 unspecified atom stereocenters. The number of hydrogen-bond acceptors (Lipinski definition) is 6. The fourth-order valence-electron chi connectivity index (χ4n) is 9.25. The summed E-state index contributed by atoms with van der Waals surface area (Å²) in [5, 5.41) is 0. The summed E-state index contributed by atoms with van der Waals surface area (Å²) in [6.07, 6.45) is 77.9. The van der Waals surface area contributed by atoms with Crippen molar-refractivity contribution in [2.24, 2.45) is 0 Å². The third-order valence-electron chi connectivity index (χ3n) is 14.0. The van der Waals surface area contributed by atoms with Crippen LogP contribution in [-0.2, 0) is 28.6 Å². The molecule has 1 atom stereocenters. The molecule has 0 heterocycles. The average Bonchev–Trinajstić information content (AvgIpc) is 3.39. The van der Waals surface area contributed by atoms with Crippen molar-refractivity contribution in [3.05, 3.63) is 60.8 Å². The first-order valence-electron chi connectivity index (χ1n) is 31.8. The van der Waals surface area contributed by atoms with Gasteiger partial charge in [0.25, 0.3) is 0 Å². The van der Waals surface area contributed by atoms with Crippen LogP contribution in [0.5, 0.6) is 0 Å². The first kappa shape index (κ1) is 70.1.